The molecule has 1 saturated heterocycles. The Morgan fingerprint density at radius 1 is 0.870 bits per heavy atom. The molecule has 3 rings (SSSR count). The molecule has 0 unspecified atom stereocenters. The normalized spacial score (nSPS) is 21.4. The Morgan fingerprint density at radius 3 is 1.91 bits per heavy atom. The van der Waals surface area contributed by atoms with Crippen LogP contribution in [0.1, 0.15) is 13.8 Å². The Bertz CT molecular complexity index is 629. The molecule has 1 aliphatic heterocycles. The lowest BCUT2D eigenvalue weighted by atomic mass is 10.1. The molecule has 0 N–H and O–H groups in total. The highest BCUT2D eigenvalue weighted by molar-refractivity contribution is 6.30. The third-order valence-corrected chi connectivity index (χ3v) is 4.73. The number of hydrogen-bond acceptors (Lipinski definition) is 3. The average molecular weight is 331 g/mol. The van der Waals surface area contributed by atoms with Crippen molar-refractivity contribution in [1.29, 1.82) is 0 Å². The molecule has 122 valence electrons. The molecular formula is C19H23ClN2O. The first-order chi connectivity index (χ1) is 11.1. The van der Waals surface area contributed by atoms with Gasteiger partial charge in [-0.2, -0.15) is 0 Å². The van der Waals surface area contributed by atoms with Crippen molar-refractivity contribution in [3.8, 4) is 5.75 Å². The molecule has 0 saturated carbocycles. The summed E-state index contributed by atoms with van der Waals surface area (Å²) in [5, 5.41) is 0.784. The van der Waals surface area contributed by atoms with E-state index in [4.69, 9.17) is 16.3 Å². The largest absolute Gasteiger partial charge is 0.497 e. The van der Waals surface area contributed by atoms with Crippen molar-refractivity contribution in [2.45, 2.75) is 25.9 Å². The van der Waals surface area contributed by atoms with Gasteiger partial charge in [-0.15, -0.1) is 0 Å². The quantitative estimate of drug-likeness (QED) is 0.826. The summed E-state index contributed by atoms with van der Waals surface area (Å²) >= 11 is 6.00. The summed E-state index contributed by atoms with van der Waals surface area (Å²) in [6.45, 7) is 6.56. The monoisotopic (exact) mass is 330 g/mol. The van der Waals surface area contributed by atoms with Crippen molar-refractivity contribution in [3.05, 3.63) is 53.6 Å². The van der Waals surface area contributed by atoms with Crippen LogP contribution in [-0.2, 0) is 0 Å². The summed E-state index contributed by atoms with van der Waals surface area (Å²) in [6, 6.07) is 17.3. The molecule has 4 heteroatoms. The number of rotatable bonds is 3. The summed E-state index contributed by atoms with van der Waals surface area (Å²) in [7, 11) is 1.70. The number of halogens is 1. The maximum Gasteiger partial charge on any atom is 0.119 e. The SMILES string of the molecule is COc1ccc(N2[C@H](C)CN(c3ccc(Cl)cc3)C[C@H]2C)cc1. The standard InChI is InChI=1S/C19H23ClN2O/c1-14-12-21(17-6-4-16(20)5-7-17)13-15(2)22(14)18-8-10-19(23-3)11-9-18/h4-11,14-15H,12-13H2,1-3H3/t14-,15-/m1/s1. The minimum atomic E-state index is 0.433. The Labute approximate surface area is 143 Å². The second-order valence-corrected chi connectivity index (χ2v) is 6.62. The van der Waals surface area contributed by atoms with Crippen LogP contribution in [0.5, 0.6) is 5.75 Å². The van der Waals surface area contributed by atoms with Gasteiger partial charge in [-0.3, -0.25) is 0 Å². The first-order valence-corrected chi connectivity index (χ1v) is 8.39. The zero-order valence-electron chi connectivity index (χ0n) is 13.9. The fourth-order valence-corrected chi connectivity index (χ4v) is 3.57. The fraction of sp³-hybridized carbons (Fsp3) is 0.368. The number of hydrogen-bond donors (Lipinski definition) is 0. The van der Waals surface area contributed by atoms with Crippen LogP contribution in [0.3, 0.4) is 0 Å². The molecule has 3 nitrogen and oxygen atoms in total. The molecule has 0 aromatic heterocycles. The van der Waals surface area contributed by atoms with Crippen LogP contribution in [0, 0.1) is 0 Å². The predicted octanol–water partition coefficient (Wildman–Crippen LogP) is 4.45. The molecule has 1 heterocycles. The topological polar surface area (TPSA) is 15.7 Å². The molecule has 0 bridgehead atoms. The van der Waals surface area contributed by atoms with Crippen LogP contribution in [0.2, 0.25) is 5.02 Å². The van der Waals surface area contributed by atoms with Gasteiger partial charge in [0.2, 0.25) is 0 Å². The molecule has 2 atom stereocenters. The van der Waals surface area contributed by atoms with Crippen molar-refractivity contribution >= 4 is 23.0 Å². The van der Waals surface area contributed by atoms with E-state index >= 15 is 0 Å². The highest BCUT2D eigenvalue weighted by Gasteiger charge is 2.29. The second-order valence-electron chi connectivity index (χ2n) is 6.18. The first-order valence-electron chi connectivity index (χ1n) is 8.01. The molecule has 0 aliphatic carbocycles. The minimum absolute atomic E-state index is 0.433. The van der Waals surface area contributed by atoms with E-state index in [9.17, 15) is 0 Å². The van der Waals surface area contributed by atoms with Crippen LogP contribution in [0.4, 0.5) is 11.4 Å². The van der Waals surface area contributed by atoms with Gasteiger partial charge in [-0.1, -0.05) is 11.6 Å². The van der Waals surface area contributed by atoms with E-state index in [2.05, 4.69) is 47.9 Å². The van der Waals surface area contributed by atoms with E-state index in [1.54, 1.807) is 7.11 Å². The summed E-state index contributed by atoms with van der Waals surface area (Å²) in [6.07, 6.45) is 0. The molecule has 0 spiro atoms. The molecular weight excluding hydrogens is 308 g/mol. The second kappa shape index (κ2) is 6.71. The summed E-state index contributed by atoms with van der Waals surface area (Å²) in [5.41, 5.74) is 2.49. The van der Waals surface area contributed by atoms with Gasteiger partial charge in [-0.25, -0.2) is 0 Å². The van der Waals surface area contributed by atoms with E-state index < -0.39 is 0 Å². The van der Waals surface area contributed by atoms with Crippen LogP contribution in [0.25, 0.3) is 0 Å². The highest BCUT2D eigenvalue weighted by Crippen LogP contribution is 2.29. The molecule has 1 aliphatic rings. The molecule has 0 amide bonds. The van der Waals surface area contributed by atoms with E-state index in [-0.39, 0.29) is 0 Å². The van der Waals surface area contributed by atoms with Gasteiger partial charge >= 0.3 is 0 Å². The third kappa shape index (κ3) is 3.40. The molecule has 1 fully saturated rings. The summed E-state index contributed by atoms with van der Waals surface area (Å²) in [4.78, 5) is 4.93. The lowest BCUT2D eigenvalue weighted by Crippen LogP contribution is -2.57. The third-order valence-electron chi connectivity index (χ3n) is 4.48. The lowest BCUT2D eigenvalue weighted by Gasteiger charge is -2.46. The summed E-state index contributed by atoms with van der Waals surface area (Å²) < 4.78 is 5.26. The zero-order valence-corrected chi connectivity index (χ0v) is 14.6. The Hall–Kier alpha value is -1.87. The van der Waals surface area contributed by atoms with Crippen molar-refractivity contribution < 1.29 is 4.74 Å². The van der Waals surface area contributed by atoms with Crippen molar-refractivity contribution in [2.75, 3.05) is 30.0 Å². The Balaban J connectivity index is 1.77. The maximum absolute atomic E-state index is 6.00. The van der Waals surface area contributed by atoms with Crippen LogP contribution in [-0.4, -0.2) is 32.3 Å². The van der Waals surface area contributed by atoms with Gasteiger partial charge in [0.1, 0.15) is 5.75 Å². The predicted molar refractivity (Wildman–Crippen MR) is 98.1 cm³/mol. The van der Waals surface area contributed by atoms with Crippen LogP contribution in [0.15, 0.2) is 48.5 Å². The highest BCUT2D eigenvalue weighted by atomic mass is 35.5. The lowest BCUT2D eigenvalue weighted by molar-refractivity contribution is 0.414. The molecule has 0 radical (unpaired) electrons. The first kappa shape index (κ1) is 16.0. The molecule has 2 aromatic carbocycles. The van der Waals surface area contributed by atoms with Crippen molar-refractivity contribution in [3.63, 3.8) is 0 Å². The van der Waals surface area contributed by atoms with E-state index in [1.807, 2.05) is 24.3 Å². The van der Waals surface area contributed by atoms with E-state index in [0.29, 0.717) is 12.1 Å². The van der Waals surface area contributed by atoms with Crippen molar-refractivity contribution in [2.24, 2.45) is 0 Å². The number of nitrogens with zero attached hydrogens (tertiary/aromatic N) is 2. The number of benzene rings is 2. The van der Waals surface area contributed by atoms with Gasteiger partial charge in [0.05, 0.1) is 7.11 Å². The van der Waals surface area contributed by atoms with Gasteiger partial charge < -0.3 is 14.5 Å². The summed E-state index contributed by atoms with van der Waals surface area (Å²) in [5.74, 6) is 0.897. The van der Waals surface area contributed by atoms with E-state index in [1.165, 1.54) is 11.4 Å². The van der Waals surface area contributed by atoms with Gasteiger partial charge in [-0.05, 0) is 62.4 Å². The van der Waals surface area contributed by atoms with Gasteiger partial charge in [0.25, 0.3) is 0 Å². The molecule has 2 aromatic rings. The number of methoxy groups -OCH3 is 1. The number of anilines is 2. The Morgan fingerprint density at radius 2 is 1.39 bits per heavy atom. The Kier molecular flexibility index (Phi) is 4.67. The number of ether oxygens (including phenoxy) is 1. The fourth-order valence-electron chi connectivity index (χ4n) is 3.45. The average Bonchev–Trinajstić information content (AvgIpc) is 2.55. The van der Waals surface area contributed by atoms with Crippen LogP contribution >= 0.6 is 11.6 Å². The van der Waals surface area contributed by atoms with E-state index in [0.717, 1.165) is 23.9 Å². The maximum atomic E-state index is 6.00. The van der Waals surface area contributed by atoms with Gasteiger partial charge in [0.15, 0.2) is 0 Å². The minimum Gasteiger partial charge on any atom is -0.497 e. The van der Waals surface area contributed by atoms with Crippen molar-refractivity contribution in [1.82, 2.24) is 0 Å². The zero-order chi connectivity index (χ0) is 16.4. The smallest absolute Gasteiger partial charge is 0.119 e. The molecule has 23 heavy (non-hydrogen) atoms. The number of piperazine rings is 1. The van der Waals surface area contributed by atoms with Crippen LogP contribution < -0.4 is 14.5 Å². The van der Waals surface area contributed by atoms with Gasteiger partial charge in [0, 0.05) is 41.6 Å².